The number of likely N-dealkylation sites (tertiary alicyclic amines) is 1. The highest BCUT2D eigenvalue weighted by Crippen LogP contribution is 2.24. The van der Waals surface area contributed by atoms with Gasteiger partial charge in [-0.1, -0.05) is 6.42 Å². The summed E-state index contributed by atoms with van der Waals surface area (Å²) in [7, 11) is 0. The van der Waals surface area contributed by atoms with Crippen LogP contribution in [0.4, 0.5) is 0 Å². The molecule has 0 saturated carbocycles. The molecule has 0 spiro atoms. The molecule has 0 bridgehead atoms. The van der Waals surface area contributed by atoms with Gasteiger partial charge >= 0.3 is 0 Å². The Morgan fingerprint density at radius 2 is 2.23 bits per heavy atom. The Balaban J connectivity index is 1.91. The highest BCUT2D eigenvalue weighted by molar-refractivity contribution is 7.98. The van der Waals surface area contributed by atoms with Gasteiger partial charge in [0.25, 0.3) is 0 Å². The molecule has 0 aliphatic carbocycles. The van der Waals surface area contributed by atoms with Gasteiger partial charge in [0.15, 0.2) is 0 Å². The van der Waals surface area contributed by atoms with Crippen LogP contribution < -0.4 is 11.1 Å². The second-order valence-corrected chi connectivity index (χ2v) is 6.75. The van der Waals surface area contributed by atoms with Crippen molar-refractivity contribution in [3.05, 3.63) is 24.2 Å². The predicted molar refractivity (Wildman–Crippen MR) is 90.9 cm³/mol. The lowest BCUT2D eigenvalue weighted by Gasteiger charge is -2.33. The van der Waals surface area contributed by atoms with E-state index in [1.165, 1.54) is 19.3 Å². The van der Waals surface area contributed by atoms with Crippen LogP contribution in [0.2, 0.25) is 0 Å². The van der Waals surface area contributed by atoms with Gasteiger partial charge in [-0.15, -0.1) is 0 Å². The van der Waals surface area contributed by atoms with E-state index in [0.29, 0.717) is 13.0 Å². The fourth-order valence-electron chi connectivity index (χ4n) is 2.82. The number of furan rings is 1. The summed E-state index contributed by atoms with van der Waals surface area (Å²) in [6.07, 6.45) is 8.12. The van der Waals surface area contributed by atoms with Gasteiger partial charge in [-0.05, 0) is 56.5 Å². The molecule has 1 fully saturated rings. The average Bonchev–Trinajstić information content (AvgIpc) is 3.08. The molecule has 0 aromatic carbocycles. The van der Waals surface area contributed by atoms with E-state index in [1.54, 1.807) is 18.0 Å². The van der Waals surface area contributed by atoms with Crippen molar-refractivity contribution in [3.63, 3.8) is 0 Å². The minimum Gasteiger partial charge on any atom is -0.468 e. The molecule has 0 radical (unpaired) electrons. The number of rotatable bonds is 8. The Kier molecular flexibility index (Phi) is 7.29. The number of hydrogen-bond acceptors (Lipinski definition) is 5. The summed E-state index contributed by atoms with van der Waals surface area (Å²) in [6, 6.07) is 3.57. The summed E-state index contributed by atoms with van der Waals surface area (Å²) >= 11 is 1.71. The summed E-state index contributed by atoms with van der Waals surface area (Å²) in [5.74, 6) is 1.75. The SMILES string of the molecule is CSCCC(N)C(=O)NCC(c1ccco1)N1CCCCC1. The molecule has 1 aromatic rings. The van der Waals surface area contributed by atoms with Gasteiger partial charge in [-0.25, -0.2) is 0 Å². The molecule has 1 saturated heterocycles. The molecule has 2 heterocycles. The van der Waals surface area contributed by atoms with Gasteiger partial charge < -0.3 is 15.5 Å². The quantitative estimate of drug-likeness (QED) is 0.765. The molecule has 2 atom stereocenters. The molecule has 22 heavy (non-hydrogen) atoms. The average molecular weight is 325 g/mol. The first kappa shape index (κ1) is 17.4. The highest BCUT2D eigenvalue weighted by atomic mass is 32.2. The normalized spacial score (nSPS) is 18.8. The van der Waals surface area contributed by atoms with Crippen molar-refractivity contribution in [1.82, 2.24) is 10.2 Å². The van der Waals surface area contributed by atoms with Crippen molar-refractivity contribution < 1.29 is 9.21 Å². The standard InChI is InChI=1S/C16H27N3O2S/c1-22-11-7-13(17)16(20)18-12-14(15-6-5-10-21-15)19-8-3-2-4-9-19/h5-6,10,13-14H,2-4,7-9,11-12,17H2,1H3,(H,18,20). The van der Waals surface area contributed by atoms with Crippen LogP contribution in [0.5, 0.6) is 0 Å². The number of nitrogens with two attached hydrogens (primary N) is 1. The lowest BCUT2D eigenvalue weighted by molar-refractivity contribution is -0.122. The summed E-state index contributed by atoms with van der Waals surface area (Å²) in [5.41, 5.74) is 5.92. The van der Waals surface area contributed by atoms with E-state index >= 15 is 0 Å². The summed E-state index contributed by atoms with van der Waals surface area (Å²) in [6.45, 7) is 2.67. The second-order valence-electron chi connectivity index (χ2n) is 5.76. The minimum atomic E-state index is -0.425. The van der Waals surface area contributed by atoms with Gasteiger partial charge in [0.2, 0.25) is 5.91 Å². The first-order valence-electron chi connectivity index (χ1n) is 8.02. The zero-order chi connectivity index (χ0) is 15.8. The van der Waals surface area contributed by atoms with Crippen LogP contribution in [0.3, 0.4) is 0 Å². The van der Waals surface area contributed by atoms with Crippen LogP contribution in [0.1, 0.15) is 37.5 Å². The van der Waals surface area contributed by atoms with Gasteiger partial charge in [-0.2, -0.15) is 11.8 Å². The molecule has 2 unspecified atom stereocenters. The predicted octanol–water partition coefficient (Wildman–Crippen LogP) is 2.00. The first-order chi connectivity index (χ1) is 10.7. The van der Waals surface area contributed by atoms with E-state index in [1.807, 2.05) is 18.4 Å². The monoisotopic (exact) mass is 325 g/mol. The maximum absolute atomic E-state index is 12.1. The van der Waals surface area contributed by atoms with Gasteiger partial charge in [-0.3, -0.25) is 9.69 Å². The third-order valence-corrected chi connectivity index (χ3v) is 4.79. The third kappa shape index (κ3) is 5.04. The van der Waals surface area contributed by atoms with Crippen molar-refractivity contribution in [2.24, 2.45) is 5.73 Å². The molecule has 124 valence electrons. The Morgan fingerprint density at radius 3 is 2.86 bits per heavy atom. The van der Waals surface area contributed by atoms with E-state index in [0.717, 1.165) is 24.6 Å². The summed E-state index contributed by atoms with van der Waals surface area (Å²) in [4.78, 5) is 14.5. The zero-order valence-corrected chi connectivity index (χ0v) is 14.1. The molecule has 1 aromatic heterocycles. The lowest BCUT2D eigenvalue weighted by atomic mass is 10.1. The van der Waals surface area contributed by atoms with Crippen LogP contribution in [0.25, 0.3) is 0 Å². The smallest absolute Gasteiger partial charge is 0.237 e. The maximum atomic E-state index is 12.1. The van der Waals surface area contributed by atoms with E-state index in [-0.39, 0.29) is 11.9 Å². The molecular weight excluding hydrogens is 298 g/mol. The summed E-state index contributed by atoms with van der Waals surface area (Å²) < 4.78 is 5.58. The third-order valence-electron chi connectivity index (χ3n) is 4.14. The molecule has 2 rings (SSSR count). The fourth-order valence-corrected chi connectivity index (χ4v) is 3.31. The molecule has 1 aliphatic rings. The topological polar surface area (TPSA) is 71.5 Å². The number of nitrogens with one attached hydrogen (secondary N) is 1. The van der Waals surface area contributed by atoms with Crippen molar-refractivity contribution in [2.75, 3.05) is 31.6 Å². The Labute approximate surface area is 137 Å². The van der Waals surface area contributed by atoms with Gasteiger partial charge in [0, 0.05) is 6.54 Å². The molecule has 5 nitrogen and oxygen atoms in total. The Bertz CT molecular complexity index is 433. The Hall–Kier alpha value is -0.980. The number of thioether (sulfide) groups is 1. The van der Waals surface area contributed by atoms with E-state index in [4.69, 9.17) is 10.2 Å². The Morgan fingerprint density at radius 1 is 1.45 bits per heavy atom. The van der Waals surface area contributed by atoms with Crippen molar-refractivity contribution >= 4 is 17.7 Å². The van der Waals surface area contributed by atoms with Gasteiger partial charge in [0.05, 0.1) is 18.3 Å². The lowest BCUT2D eigenvalue weighted by Crippen LogP contribution is -2.45. The minimum absolute atomic E-state index is 0.0670. The number of nitrogens with zero attached hydrogens (tertiary/aromatic N) is 1. The molecule has 1 aliphatic heterocycles. The van der Waals surface area contributed by atoms with Crippen molar-refractivity contribution in [1.29, 1.82) is 0 Å². The zero-order valence-electron chi connectivity index (χ0n) is 13.3. The molecule has 3 N–H and O–H groups in total. The number of hydrogen-bond donors (Lipinski definition) is 2. The first-order valence-corrected chi connectivity index (χ1v) is 9.41. The number of carbonyl (C=O) groups excluding carboxylic acids is 1. The van der Waals surface area contributed by atoms with E-state index in [2.05, 4.69) is 10.2 Å². The largest absolute Gasteiger partial charge is 0.468 e. The number of piperidine rings is 1. The maximum Gasteiger partial charge on any atom is 0.237 e. The molecule has 6 heteroatoms. The van der Waals surface area contributed by atoms with Crippen LogP contribution in [-0.4, -0.2) is 48.5 Å². The van der Waals surface area contributed by atoms with Gasteiger partial charge in [0.1, 0.15) is 5.76 Å². The van der Waals surface area contributed by atoms with Crippen LogP contribution in [0.15, 0.2) is 22.8 Å². The molecular formula is C16H27N3O2S. The van der Waals surface area contributed by atoms with Crippen molar-refractivity contribution in [2.45, 2.75) is 37.8 Å². The van der Waals surface area contributed by atoms with Crippen LogP contribution >= 0.6 is 11.8 Å². The fraction of sp³-hybridized carbons (Fsp3) is 0.688. The van der Waals surface area contributed by atoms with E-state index in [9.17, 15) is 4.79 Å². The number of amides is 1. The van der Waals surface area contributed by atoms with E-state index < -0.39 is 6.04 Å². The van der Waals surface area contributed by atoms with Crippen molar-refractivity contribution in [3.8, 4) is 0 Å². The number of carbonyl (C=O) groups is 1. The highest BCUT2D eigenvalue weighted by Gasteiger charge is 2.25. The second kappa shape index (κ2) is 9.22. The van der Waals surface area contributed by atoms with Crippen LogP contribution in [0, 0.1) is 0 Å². The summed E-state index contributed by atoms with van der Waals surface area (Å²) in [5, 5.41) is 3.00. The molecule has 1 amide bonds. The van der Waals surface area contributed by atoms with Crippen LogP contribution in [-0.2, 0) is 4.79 Å².